The van der Waals surface area contributed by atoms with Crippen molar-refractivity contribution in [1.29, 1.82) is 0 Å². The molecule has 0 unspecified atom stereocenters. The lowest BCUT2D eigenvalue weighted by Gasteiger charge is -2.09. The molecule has 0 atom stereocenters. The molecule has 0 aliphatic rings. The van der Waals surface area contributed by atoms with Crippen LogP contribution in [0.1, 0.15) is 15.9 Å². The molecule has 0 spiro atoms. The smallest absolute Gasteiger partial charge is 0.507 e. The summed E-state index contributed by atoms with van der Waals surface area (Å²) in [5.74, 6) is -3.08. The molecule has 0 aliphatic heterocycles. The molecule has 2 N–H and O–H groups in total. The Balaban J connectivity index is 2.08. The number of alkyl halides is 3. The van der Waals surface area contributed by atoms with Crippen LogP contribution in [-0.2, 0) is 0 Å². The van der Waals surface area contributed by atoms with Crippen LogP contribution in [0.15, 0.2) is 46.0 Å². The van der Waals surface area contributed by atoms with Crippen LogP contribution in [0.2, 0.25) is 0 Å². The molecule has 10 heteroatoms. The molecule has 0 saturated carbocycles. The highest BCUT2D eigenvalue weighted by Crippen LogP contribution is 2.24. The summed E-state index contributed by atoms with van der Waals surface area (Å²) in [6.45, 7) is 0. The predicted molar refractivity (Wildman–Crippen MR) is 84.0 cm³/mol. The highest BCUT2D eigenvalue weighted by Gasteiger charge is 2.31. The number of carbonyl (C=O) groups is 1. The fourth-order valence-electron chi connectivity index (χ4n) is 1.73. The number of hydrogen-bond donors (Lipinski definition) is 2. The fraction of sp³-hybridized carbons (Fsp3) is 0.0667. The van der Waals surface area contributed by atoms with E-state index in [9.17, 15) is 27.5 Å². The van der Waals surface area contributed by atoms with Gasteiger partial charge in [0.2, 0.25) is 0 Å². The first kappa shape index (κ1) is 18.7. The van der Waals surface area contributed by atoms with E-state index in [4.69, 9.17) is 0 Å². The summed E-state index contributed by atoms with van der Waals surface area (Å²) in [7, 11) is 0. The minimum Gasteiger partial charge on any atom is -0.507 e. The molecule has 25 heavy (non-hydrogen) atoms. The molecule has 0 bridgehead atoms. The SMILES string of the molecule is O=C(N/N=C/c1cc(Br)ccc1O)c1ccc(OC(F)(F)F)cc1F. The minimum absolute atomic E-state index is 0.0963. The van der Waals surface area contributed by atoms with E-state index in [-0.39, 0.29) is 11.3 Å². The number of amides is 1. The van der Waals surface area contributed by atoms with Crippen molar-refractivity contribution < 1.29 is 32.2 Å². The third-order valence-corrected chi connectivity index (χ3v) is 3.27. The third-order valence-electron chi connectivity index (χ3n) is 2.78. The van der Waals surface area contributed by atoms with Crippen molar-refractivity contribution in [3.63, 3.8) is 0 Å². The second kappa shape index (κ2) is 7.51. The van der Waals surface area contributed by atoms with Crippen LogP contribution in [0, 0.1) is 5.82 Å². The molecule has 0 aliphatic carbocycles. The van der Waals surface area contributed by atoms with Gasteiger partial charge in [-0.05, 0) is 30.3 Å². The summed E-state index contributed by atoms with van der Waals surface area (Å²) in [5.41, 5.74) is 1.76. The number of hydrogen-bond acceptors (Lipinski definition) is 4. The molecule has 5 nitrogen and oxygen atoms in total. The van der Waals surface area contributed by atoms with Gasteiger partial charge in [-0.1, -0.05) is 15.9 Å². The first-order valence-corrected chi connectivity index (χ1v) is 7.32. The standard InChI is InChI=1S/C15H9BrF4N2O3/c16-9-1-4-13(23)8(5-9)7-21-22-14(24)11-3-2-10(6-12(11)17)25-15(18,19)20/h1-7,23H,(H,22,24)/b21-7+. The van der Waals surface area contributed by atoms with Crippen LogP contribution in [-0.4, -0.2) is 23.6 Å². The second-order valence-corrected chi connectivity index (χ2v) is 5.51. The number of ether oxygens (including phenoxy) is 1. The average molecular weight is 421 g/mol. The monoisotopic (exact) mass is 420 g/mol. The van der Waals surface area contributed by atoms with E-state index in [0.717, 1.165) is 18.3 Å². The van der Waals surface area contributed by atoms with Crippen LogP contribution in [0.25, 0.3) is 0 Å². The average Bonchev–Trinajstić information content (AvgIpc) is 2.49. The van der Waals surface area contributed by atoms with Crippen molar-refractivity contribution in [3.8, 4) is 11.5 Å². The Morgan fingerprint density at radius 1 is 1.24 bits per heavy atom. The number of nitrogens with one attached hydrogen (secondary N) is 1. The fourth-order valence-corrected chi connectivity index (χ4v) is 2.11. The van der Waals surface area contributed by atoms with Crippen molar-refractivity contribution >= 4 is 28.1 Å². The molecular weight excluding hydrogens is 412 g/mol. The third kappa shape index (κ3) is 5.45. The maximum atomic E-state index is 13.7. The highest BCUT2D eigenvalue weighted by atomic mass is 79.9. The van der Waals surface area contributed by atoms with Gasteiger partial charge in [0.1, 0.15) is 17.3 Å². The zero-order valence-electron chi connectivity index (χ0n) is 12.1. The number of phenols is 1. The minimum atomic E-state index is -4.97. The van der Waals surface area contributed by atoms with Crippen LogP contribution in [0.3, 0.4) is 0 Å². The number of phenolic OH excluding ortho intramolecular Hbond substituents is 1. The Hall–Kier alpha value is -2.62. The summed E-state index contributed by atoms with van der Waals surface area (Å²) < 4.78 is 54.1. The highest BCUT2D eigenvalue weighted by molar-refractivity contribution is 9.10. The molecule has 132 valence electrons. The lowest BCUT2D eigenvalue weighted by molar-refractivity contribution is -0.274. The molecule has 0 aromatic heterocycles. The normalized spacial score (nSPS) is 11.6. The number of benzene rings is 2. The van der Waals surface area contributed by atoms with Gasteiger partial charge >= 0.3 is 6.36 Å². The summed E-state index contributed by atoms with van der Waals surface area (Å²) in [6, 6.07) is 6.58. The van der Waals surface area contributed by atoms with Crippen molar-refractivity contribution in [2.24, 2.45) is 5.10 Å². The van der Waals surface area contributed by atoms with Gasteiger partial charge in [-0.15, -0.1) is 13.2 Å². The van der Waals surface area contributed by atoms with Crippen LogP contribution in [0.4, 0.5) is 17.6 Å². The zero-order valence-corrected chi connectivity index (χ0v) is 13.7. The Labute approximate surface area is 147 Å². The number of carbonyl (C=O) groups excluding carboxylic acids is 1. The molecule has 2 aromatic rings. The number of aromatic hydroxyl groups is 1. The molecule has 0 radical (unpaired) electrons. The predicted octanol–water partition coefficient (Wildman–Crippen LogP) is 3.96. The van der Waals surface area contributed by atoms with E-state index in [1.807, 2.05) is 5.43 Å². The Bertz CT molecular complexity index is 825. The van der Waals surface area contributed by atoms with Gasteiger partial charge in [0.05, 0.1) is 11.8 Å². The molecule has 1 amide bonds. The molecular formula is C15H9BrF4N2O3. The van der Waals surface area contributed by atoms with Gasteiger partial charge in [-0.3, -0.25) is 4.79 Å². The van der Waals surface area contributed by atoms with Crippen molar-refractivity contribution in [2.75, 3.05) is 0 Å². The molecule has 2 aromatic carbocycles. The number of halogens is 5. The van der Waals surface area contributed by atoms with Gasteiger partial charge in [0.25, 0.3) is 5.91 Å². The lowest BCUT2D eigenvalue weighted by Crippen LogP contribution is -2.20. The van der Waals surface area contributed by atoms with Crippen molar-refractivity contribution in [1.82, 2.24) is 5.43 Å². The summed E-state index contributed by atoms with van der Waals surface area (Å²) in [4.78, 5) is 11.8. The molecule has 0 saturated heterocycles. The maximum Gasteiger partial charge on any atom is 0.573 e. The first-order valence-electron chi connectivity index (χ1n) is 6.53. The lowest BCUT2D eigenvalue weighted by atomic mass is 10.2. The number of nitrogens with zero attached hydrogens (tertiary/aromatic N) is 1. The Kier molecular flexibility index (Phi) is 5.62. The largest absolute Gasteiger partial charge is 0.573 e. The van der Waals surface area contributed by atoms with Crippen molar-refractivity contribution in [2.45, 2.75) is 6.36 Å². The van der Waals surface area contributed by atoms with E-state index in [1.54, 1.807) is 6.07 Å². The van der Waals surface area contributed by atoms with Gasteiger partial charge in [0.15, 0.2) is 0 Å². The van der Waals surface area contributed by atoms with E-state index >= 15 is 0 Å². The van der Waals surface area contributed by atoms with E-state index in [1.165, 1.54) is 12.1 Å². The van der Waals surface area contributed by atoms with Crippen LogP contribution >= 0.6 is 15.9 Å². The zero-order chi connectivity index (χ0) is 18.6. The summed E-state index contributed by atoms with van der Waals surface area (Å²) >= 11 is 3.19. The van der Waals surface area contributed by atoms with Crippen LogP contribution in [0.5, 0.6) is 11.5 Å². The quantitative estimate of drug-likeness (QED) is 0.446. The molecule has 0 heterocycles. The summed E-state index contributed by atoms with van der Waals surface area (Å²) in [6.07, 6.45) is -3.84. The van der Waals surface area contributed by atoms with Gasteiger partial charge < -0.3 is 9.84 Å². The van der Waals surface area contributed by atoms with E-state index in [2.05, 4.69) is 25.8 Å². The second-order valence-electron chi connectivity index (χ2n) is 4.59. The van der Waals surface area contributed by atoms with E-state index < -0.39 is 29.4 Å². The molecule has 0 fully saturated rings. The van der Waals surface area contributed by atoms with Gasteiger partial charge in [-0.2, -0.15) is 5.10 Å². The maximum absolute atomic E-state index is 13.7. The number of rotatable bonds is 4. The molecule has 2 rings (SSSR count). The Morgan fingerprint density at radius 2 is 1.96 bits per heavy atom. The number of hydrazone groups is 1. The van der Waals surface area contributed by atoms with Gasteiger partial charge in [0, 0.05) is 16.1 Å². The topological polar surface area (TPSA) is 70.9 Å². The van der Waals surface area contributed by atoms with E-state index in [0.29, 0.717) is 10.5 Å². The Morgan fingerprint density at radius 3 is 2.60 bits per heavy atom. The first-order chi connectivity index (χ1) is 11.7. The van der Waals surface area contributed by atoms with Crippen LogP contribution < -0.4 is 10.2 Å². The van der Waals surface area contributed by atoms with Crippen molar-refractivity contribution in [3.05, 3.63) is 57.8 Å². The summed E-state index contributed by atoms with van der Waals surface area (Å²) in [5, 5.41) is 13.2. The van der Waals surface area contributed by atoms with Gasteiger partial charge in [-0.25, -0.2) is 9.82 Å².